The summed E-state index contributed by atoms with van der Waals surface area (Å²) >= 11 is 6.02. The Labute approximate surface area is 179 Å². The van der Waals surface area contributed by atoms with Crippen LogP contribution in [0.4, 0.5) is 13.2 Å². The smallest absolute Gasteiger partial charge is 0.417 e. The topological polar surface area (TPSA) is 92.4 Å². The Hall–Kier alpha value is -3.07. The number of carboxylic acid groups (broad SMARTS) is 2. The number of carbonyl (C=O) groups is 2. The van der Waals surface area contributed by atoms with Gasteiger partial charge in [0.15, 0.2) is 0 Å². The highest BCUT2D eigenvalue weighted by Crippen LogP contribution is 2.34. The Morgan fingerprint density at radius 1 is 1.10 bits per heavy atom. The highest BCUT2D eigenvalue weighted by Gasteiger charge is 2.35. The maximum absolute atomic E-state index is 13.4. The van der Waals surface area contributed by atoms with Crippen LogP contribution in [-0.4, -0.2) is 31.7 Å². The van der Waals surface area contributed by atoms with Gasteiger partial charge in [0.2, 0.25) is 0 Å². The van der Waals surface area contributed by atoms with Crippen molar-refractivity contribution in [3.63, 3.8) is 0 Å². The minimum atomic E-state index is -4.86. The summed E-state index contributed by atoms with van der Waals surface area (Å²) < 4.78 is 41.8. The van der Waals surface area contributed by atoms with Gasteiger partial charge in [-0.1, -0.05) is 31.0 Å². The first-order chi connectivity index (χ1) is 14.5. The fourth-order valence-electron chi connectivity index (χ4n) is 3.43. The van der Waals surface area contributed by atoms with E-state index in [0.717, 1.165) is 25.0 Å². The zero-order chi connectivity index (χ0) is 22.9. The van der Waals surface area contributed by atoms with Crippen molar-refractivity contribution in [1.29, 1.82) is 0 Å². The molecule has 0 atom stereocenters. The number of aromatic nitrogens is 2. The first kappa shape index (κ1) is 22.6. The molecule has 0 unspecified atom stereocenters. The van der Waals surface area contributed by atoms with Gasteiger partial charge in [-0.3, -0.25) is 0 Å². The first-order valence-electron chi connectivity index (χ1n) is 9.38. The fourth-order valence-corrected chi connectivity index (χ4v) is 3.65. The second kappa shape index (κ2) is 8.58. The van der Waals surface area contributed by atoms with Crippen LogP contribution in [0.25, 0.3) is 11.0 Å². The molecular formula is C21H18ClF3N2O4. The van der Waals surface area contributed by atoms with E-state index in [4.69, 9.17) is 16.7 Å². The number of unbranched alkanes of at least 4 members (excludes halogenated alkanes) is 1. The molecule has 0 saturated heterocycles. The van der Waals surface area contributed by atoms with Gasteiger partial charge < -0.3 is 14.8 Å². The molecule has 3 rings (SSSR count). The van der Waals surface area contributed by atoms with Gasteiger partial charge >= 0.3 is 18.1 Å². The summed E-state index contributed by atoms with van der Waals surface area (Å²) in [4.78, 5) is 27.5. The van der Waals surface area contributed by atoms with E-state index in [1.54, 1.807) is 4.57 Å². The lowest BCUT2D eigenvalue weighted by molar-refractivity contribution is -0.138. The van der Waals surface area contributed by atoms with E-state index >= 15 is 0 Å². The number of aryl methyl sites for hydroxylation is 1. The lowest BCUT2D eigenvalue weighted by Crippen LogP contribution is -2.15. The Bertz CT molecular complexity index is 1170. The minimum absolute atomic E-state index is 0.111. The molecule has 0 bridgehead atoms. The Morgan fingerprint density at radius 2 is 1.77 bits per heavy atom. The fraction of sp³-hybridized carbons (Fsp3) is 0.286. The number of benzene rings is 2. The third-order valence-electron chi connectivity index (χ3n) is 4.83. The maximum atomic E-state index is 13.4. The molecule has 2 N–H and O–H groups in total. The second-order valence-electron chi connectivity index (χ2n) is 7.03. The lowest BCUT2D eigenvalue weighted by Gasteiger charge is -2.15. The SMILES string of the molecule is CCCCc1nc2cc(Cl)cc(C(=O)O)c2n1Cc1ccc(C(=O)O)c(C(F)(F)F)c1. The molecule has 6 nitrogen and oxygen atoms in total. The average Bonchev–Trinajstić information content (AvgIpc) is 3.01. The van der Waals surface area contributed by atoms with Crippen molar-refractivity contribution in [2.45, 2.75) is 38.9 Å². The number of fused-ring (bicyclic) bond motifs is 1. The number of imidazole rings is 1. The summed E-state index contributed by atoms with van der Waals surface area (Å²) in [5, 5.41) is 18.9. The van der Waals surface area contributed by atoms with Crippen molar-refractivity contribution in [2.24, 2.45) is 0 Å². The number of hydrogen-bond acceptors (Lipinski definition) is 3. The molecule has 0 aliphatic rings. The van der Waals surface area contributed by atoms with Crippen LogP contribution in [0.2, 0.25) is 5.02 Å². The minimum Gasteiger partial charge on any atom is -0.478 e. The van der Waals surface area contributed by atoms with Crippen molar-refractivity contribution in [1.82, 2.24) is 9.55 Å². The van der Waals surface area contributed by atoms with Gasteiger partial charge in [-0.25, -0.2) is 14.6 Å². The molecule has 10 heteroatoms. The standard InChI is InChI=1S/C21H18ClF3N2O4/c1-2-3-4-17-26-16-9-12(22)8-14(20(30)31)18(16)27(17)10-11-5-6-13(19(28)29)15(7-11)21(23,24)25/h5-9H,2-4,10H2,1H3,(H,28,29)(H,30,31). The molecule has 2 aromatic carbocycles. The molecule has 3 aromatic rings. The van der Waals surface area contributed by atoms with E-state index in [1.807, 2.05) is 6.92 Å². The van der Waals surface area contributed by atoms with Gasteiger partial charge in [0.25, 0.3) is 0 Å². The van der Waals surface area contributed by atoms with Crippen LogP contribution < -0.4 is 0 Å². The number of alkyl halides is 3. The van der Waals surface area contributed by atoms with Gasteiger partial charge in [0.1, 0.15) is 5.82 Å². The van der Waals surface area contributed by atoms with Crippen LogP contribution in [-0.2, 0) is 19.1 Å². The molecule has 0 saturated carbocycles. The zero-order valence-corrected chi connectivity index (χ0v) is 17.1. The Morgan fingerprint density at radius 3 is 2.35 bits per heavy atom. The molecule has 0 spiro atoms. The third-order valence-corrected chi connectivity index (χ3v) is 5.05. The van der Waals surface area contributed by atoms with Crippen LogP contribution in [0.5, 0.6) is 0 Å². The monoisotopic (exact) mass is 454 g/mol. The predicted octanol–water partition coefficient (Wildman–Crippen LogP) is 5.50. The van der Waals surface area contributed by atoms with E-state index in [1.165, 1.54) is 18.2 Å². The van der Waals surface area contributed by atoms with E-state index in [9.17, 15) is 27.9 Å². The zero-order valence-electron chi connectivity index (χ0n) is 16.3. The second-order valence-corrected chi connectivity index (χ2v) is 7.46. The van der Waals surface area contributed by atoms with Gasteiger partial charge in [-0.15, -0.1) is 0 Å². The Kier molecular flexibility index (Phi) is 6.26. The summed E-state index contributed by atoms with van der Waals surface area (Å²) in [5.41, 5.74) is -1.49. The Balaban J connectivity index is 2.20. The van der Waals surface area contributed by atoms with Gasteiger partial charge in [0.05, 0.1) is 27.7 Å². The molecule has 0 fully saturated rings. The number of nitrogens with zero attached hydrogens (tertiary/aromatic N) is 2. The van der Waals surface area contributed by atoms with Gasteiger partial charge in [-0.2, -0.15) is 13.2 Å². The van der Waals surface area contributed by atoms with Gasteiger partial charge in [0, 0.05) is 18.0 Å². The molecule has 0 aliphatic heterocycles. The average molecular weight is 455 g/mol. The van der Waals surface area contributed by atoms with Crippen LogP contribution in [0.1, 0.15) is 57.4 Å². The molecule has 31 heavy (non-hydrogen) atoms. The van der Waals surface area contributed by atoms with E-state index in [0.29, 0.717) is 17.8 Å². The number of halogens is 4. The van der Waals surface area contributed by atoms with Crippen molar-refractivity contribution in [3.05, 3.63) is 63.4 Å². The van der Waals surface area contributed by atoms with Crippen LogP contribution in [0.3, 0.4) is 0 Å². The van der Waals surface area contributed by atoms with Crippen molar-refractivity contribution in [3.8, 4) is 0 Å². The van der Waals surface area contributed by atoms with E-state index in [2.05, 4.69) is 4.98 Å². The summed E-state index contributed by atoms with van der Waals surface area (Å²) in [5.74, 6) is -2.41. The van der Waals surface area contributed by atoms with E-state index < -0.39 is 29.2 Å². The molecule has 0 amide bonds. The molecule has 0 radical (unpaired) electrons. The number of rotatable bonds is 7. The van der Waals surface area contributed by atoms with Crippen molar-refractivity contribution in [2.75, 3.05) is 0 Å². The summed E-state index contributed by atoms with van der Waals surface area (Å²) in [7, 11) is 0. The van der Waals surface area contributed by atoms with E-state index in [-0.39, 0.29) is 28.2 Å². The third kappa shape index (κ3) is 4.66. The summed E-state index contributed by atoms with van der Waals surface area (Å²) in [6, 6.07) is 5.73. The number of hydrogen-bond donors (Lipinski definition) is 2. The number of aromatic carboxylic acids is 2. The normalized spacial score (nSPS) is 11.8. The quantitative estimate of drug-likeness (QED) is 0.492. The highest BCUT2D eigenvalue weighted by atomic mass is 35.5. The van der Waals surface area contributed by atoms with Crippen LogP contribution in [0.15, 0.2) is 30.3 Å². The van der Waals surface area contributed by atoms with Crippen molar-refractivity contribution >= 4 is 34.6 Å². The molecular weight excluding hydrogens is 437 g/mol. The summed E-state index contributed by atoms with van der Waals surface area (Å²) in [6.45, 7) is 1.85. The molecule has 164 valence electrons. The van der Waals surface area contributed by atoms with Crippen LogP contribution >= 0.6 is 11.6 Å². The van der Waals surface area contributed by atoms with Crippen LogP contribution in [0, 0.1) is 0 Å². The lowest BCUT2D eigenvalue weighted by atomic mass is 10.0. The summed E-state index contributed by atoms with van der Waals surface area (Å²) in [6.07, 6.45) is -2.79. The largest absolute Gasteiger partial charge is 0.478 e. The first-order valence-corrected chi connectivity index (χ1v) is 9.76. The molecule has 0 aliphatic carbocycles. The highest BCUT2D eigenvalue weighted by molar-refractivity contribution is 6.31. The van der Waals surface area contributed by atoms with Crippen molar-refractivity contribution < 1.29 is 33.0 Å². The van der Waals surface area contributed by atoms with Gasteiger partial charge in [-0.05, 0) is 36.2 Å². The molecule has 1 aromatic heterocycles. The maximum Gasteiger partial charge on any atom is 0.417 e. The predicted molar refractivity (Wildman–Crippen MR) is 108 cm³/mol. The molecule has 1 heterocycles. The number of carboxylic acids is 2.